The van der Waals surface area contributed by atoms with Crippen LogP contribution in [0.1, 0.15) is 18.4 Å². The van der Waals surface area contributed by atoms with Crippen LogP contribution in [-0.2, 0) is 9.47 Å². The molecule has 0 bridgehead atoms. The third-order valence-electron chi connectivity index (χ3n) is 3.01. The van der Waals surface area contributed by atoms with E-state index in [1.807, 2.05) is 18.2 Å². The van der Waals surface area contributed by atoms with Crippen LogP contribution in [0.4, 0.5) is 0 Å². The molecule has 0 aliphatic carbocycles. The zero-order valence-corrected chi connectivity index (χ0v) is 12.1. The van der Waals surface area contributed by atoms with Crippen LogP contribution in [0, 0.1) is 0 Å². The molecule has 3 atom stereocenters. The lowest BCUT2D eigenvalue weighted by atomic mass is 10.0. The first-order chi connectivity index (χ1) is 9.08. The van der Waals surface area contributed by atoms with E-state index in [0.717, 1.165) is 5.56 Å². The molecule has 0 amide bonds. The van der Waals surface area contributed by atoms with Gasteiger partial charge in [0.05, 0.1) is 12.2 Å². The van der Waals surface area contributed by atoms with Crippen molar-refractivity contribution in [3.63, 3.8) is 0 Å². The summed E-state index contributed by atoms with van der Waals surface area (Å²) in [5.74, 6) is 0. The number of benzene rings is 1. The van der Waals surface area contributed by atoms with Crippen LogP contribution in [0.3, 0.4) is 0 Å². The van der Waals surface area contributed by atoms with Crippen LogP contribution < -0.4 is 0 Å². The van der Waals surface area contributed by atoms with Crippen LogP contribution in [0.5, 0.6) is 0 Å². The quantitative estimate of drug-likeness (QED) is 0.928. The van der Waals surface area contributed by atoms with Gasteiger partial charge in [0.15, 0.2) is 6.29 Å². The van der Waals surface area contributed by atoms with Gasteiger partial charge in [-0.05, 0) is 17.7 Å². The van der Waals surface area contributed by atoms with Gasteiger partial charge in [-0.2, -0.15) is 0 Å². The summed E-state index contributed by atoms with van der Waals surface area (Å²) in [5.41, 5.74) is 0.865. The molecule has 0 aromatic heterocycles. The van der Waals surface area contributed by atoms with Gasteiger partial charge in [-0.25, -0.2) is 0 Å². The Morgan fingerprint density at radius 1 is 1.37 bits per heavy atom. The van der Waals surface area contributed by atoms with Crippen LogP contribution in [-0.4, -0.2) is 30.7 Å². The highest BCUT2D eigenvalue weighted by Gasteiger charge is 2.26. The Hall–Kier alpha value is -0.580. The van der Waals surface area contributed by atoms with E-state index in [9.17, 15) is 5.11 Å². The minimum Gasteiger partial charge on any atom is -0.393 e. The number of aliphatic hydroxyl groups excluding tert-OH is 1. The number of hydrogen-bond donors (Lipinski definition) is 1. The molecular weight excluding hydrogens is 287 g/mol. The Labute approximate surface area is 122 Å². The van der Waals surface area contributed by atoms with Crippen molar-refractivity contribution in [2.24, 2.45) is 0 Å². The van der Waals surface area contributed by atoms with Gasteiger partial charge < -0.3 is 14.6 Å². The van der Waals surface area contributed by atoms with Crippen molar-refractivity contribution >= 4 is 29.3 Å². The second-order valence-corrected chi connectivity index (χ2v) is 5.33. The third kappa shape index (κ3) is 4.20. The van der Waals surface area contributed by atoms with E-state index in [2.05, 4.69) is 0 Å². The Morgan fingerprint density at radius 2 is 2.16 bits per heavy atom. The smallest absolute Gasteiger partial charge is 0.160 e. The fraction of sp³-hybridized carbons (Fsp3) is 0.429. The molecule has 1 aromatic rings. The number of hydrogen-bond acceptors (Lipinski definition) is 3. The molecule has 1 saturated heterocycles. The molecule has 0 saturated carbocycles. The van der Waals surface area contributed by atoms with Crippen molar-refractivity contribution in [2.45, 2.75) is 31.3 Å². The molecule has 0 spiro atoms. The zero-order chi connectivity index (χ0) is 13.8. The van der Waals surface area contributed by atoms with Crippen molar-refractivity contribution in [3.05, 3.63) is 39.9 Å². The summed E-state index contributed by atoms with van der Waals surface area (Å²) in [7, 11) is 1.57. The van der Waals surface area contributed by atoms with E-state index >= 15 is 0 Å². The SMILES string of the molecule is CO[C@@H]1C[C@H](O)C[C@@H](/C=C/c2ccc(Cl)cc2Cl)O1. The van der Waals surface area contributed by atoms with Gasteiger partial charge in [0.25, 0.3) is 0 Å². The molecule has 0 unspecified atom stereocenters. The summed E-state index contributed by atoms with van der Waals surface area (Å²) in [6, 6.07) is 5.31. The number of ether oxygens (including phenoxy) is 2. The minimum atomic E-state index is -0.408. The van der Waals surface area contributed by atoms with Crippen molar-refractivity contribution < 1.29 is 14.6 Å². The van der Waals surface area contributed by atoms with Crippen LogP contribution in [0.25, 0.3) is 6.08 Å². The maximum absolute atomic E-state index is 9.73. The number of rotatable bonds is 3. The molecule has 1 N–H and O–H groups in total. The lowest BCUT2D eigenvalue weighted by Crippen LogP contribution is -2.35. The van der Waals surface area contributed by atoms with E-state index < -0.39 is 6.10 Å². The molecule has 1 aliphatic heterocycles. The lowest BCUT2D eigenvalue weighted by Gasteiger charge is -2.30. The largest absolute Gasteiger partial charge is 0.393 e. The fourth-order valence-corrected chi connectivity index (χ4v) is 2.49. The molecule has 3 nitrogen and oxygen atoms in total. The van der Waals surface area contributed by atoms with Gasteiger partial charge in [-0.1, -0.05) is 41.4 Å². The predicted molar refractivity (Wildman–Crippen MR) is 76.4 cm³/mol. The summed E-state index contributed by atoms with van der Waals surface area (Å²) in [6.07, 6.45) is 3.86. The molecule has 104 valence electrons. The highest BCUT2D eigenvalue weighted by atomic mass is 35.5. The average molecular weight is 303 g/mol. The first-order valence-corrected chi connectivity index (χ1v) is 6.83. The summed E-state index contributed by atoms with van der Waals surface area (Å²) in [5, 5.41) is 10.9. The topological polar surface area (TPSA) is 38.7 Å². The monoisotopic (exact) mass is 302 g/mol. The van der Waals surface area contributed by atoms with Crippen molar-refractivity contribution in [1.29, 1.82) is 0 Å². The number of halogens is 2. The summed E-state index contributed by atoms with van der Waals surface area (Å²) in [4.78, 5) is 0. The first kappa shape index (κ1) is 14.8. The Balaban J connectivity index is 2.05. The maximum Gasteiger partial charge on any atom is 0.160 e. The Morgan fingerprint density at radius 3 is 2.84 bits per heavy atom. The van der Waals surface area contributed by atoms with E-state index in [1.165, 1.54) is 0 Å². The summed E-state index contributed by atoms with van der Waals surface area (Å²) >= 11 is 11.9. The van der Waals surface area contributed by atoms with Gasteiger partial charge >= 0.3 is 0 Å². The highest BCUT2D eigenvalue weighted by molar-refractivity contribution is 6.35. The molecule has 2 rings (SSSR count). The highest BCUT2D eigenvalue weighted by Crippen LogP contribution is 2.25. The average Bonchev–Trinajstić information content (AvgIpc) is 2.37. The summed E-state index contributed by atoms with van der Waals surface area (Å²) < 4.78 is 10.8. The van der Waals surface area contributed by atoms with E-state index in [0.29, 0.717) is 22.9 Å². The normalized spacial score (nSPS) is 27.9. The van der Waals surface area contributed by atoms with Gasteiger partial charge in [0.2, 0.25) is 0 Å². The van der Waals surface area contributed by atoms with E-state index in [4.69, 9.17) is 32.7 Å². The Kier molecular flexibility index (Phi) is 5.25. The van der Waals surface area contributed by atoms with Gasteiger partial charge in [-0.15, -0.1) is 0 Å². The molecule has 0 radical (unpaired) electrons. The zero-order valence-electron chi connectivity index (χ0n) is 10.6. The predicted octanol–water partition coefficient (Wildman–Crippen LogP) is 3.52. The molecule has 1 heterocycles. The van der Waals surface area contributed by atoms with Crippen LogP contribution >= 0.6 is 23.2 Å². The third-order valence-corrected chi connectivity index (χ3v) is 3.57. The second-order valence-electron chi connectivity index (χ2n) is 4.49. The molecule has 5 heteroatoms. The summed E-state index contributed by atoms with van der Waals surface area (Å²) in [6.45, 7) is 0. The van der Waals surface area contributed by atoms with Crippen molar-refractivity contribution in [2.75, 3.05) is 7.11 Å². The van der Waals surface area contributed by atoms with Gasteiger partial charge in [-0.3, -0.25) is 0 Å². The standard InChI is InChI=1S/C14H16Cl2O3/c1-18-14-8-11(17)7-12(19-14)5-3-9-2-4-10(15)6-13(9)16/h2-6,11-12,14,17H,7-8H2,1H3/b5-3+/t11-,12-,14+/m1/s1. The number of aliphatic hydroxyl groups is 1. The van der Waals surface area contributed by atoms with Crippen molar-refractivity contribution in [3.8, 4) is 0 Å². The minimum absolute atomic E-state index is 0.180. The van der Waals surface area contributed by atoms with Crippen molar-refractivity contribution in [1.82, 2.24) is 0 Å². The van der Waals surface area contributed by atoms with Gasteiger partial charge in [0, 0.05) is 30.0 Å². The molecular formula is C14H16Cl2O3. The van der Waals surface area contributed by atoms with Crippen LogP contribution in [0.2, 0.25) is 10.0 Å². The molecule has 1 fully saturated rings. The second kappa shape index (κ2) is 6.73. The lowest BCUT2D eigenvalue weighted by molar-refractivity contribution is -0.191. The maximum atomic E-state index is 9.73. The number of methoxy groups -OCH3 is 1. The first-order valence-electron chi connectivity index (χ1n) is 6.08. The van der Waals surface area contributed by atoms with Crippen LogP contribution in [0.15, 0.2) is 24.3 Å². The molecule has 1 aromatic carbocycles. The van der Waals surface area contributed by atoms with Gasteiger partial charge in [0.1, 0.15) is 0 Å². The van der Waals surface area contributed by atoms with E-state index in [-0.39, 0.29) is 12.4 Å². The fourth-order valence-electron chi connectivity index (χ4n) is 2.02. The Bertz CT molecular complexity index is 462. The molecule has 1 aliphatic rings. The van der Waals surface area contributed by atoms with E-state index in [1.54, 1.807) is 19.2 Å². The molecule has 19 heavy (non-hydrogen) atoms.